The predicted molar refractivity (Wildman–Crippen MR) is 78.5 cm³/mol. The van der Waals surface area contributed by atoms with E-state index in [1.807, 2.05) is 22.6 Å². The molecule has 0 aromatic heterocycles. The van der Waals surface area contributed by atoms with Gasteiger partial charge < -0.3 is 14.4 Å². The van der Waals surface area contributed by atoms with E-state index in [-0.39, 0.29) is 9.13 Å². The maximum Gasteiger partial charge on any atom is 0.367 e. The highest BCUT2D eigenvalue weighted by Gasteiger charge is 2.39. The fraction of sp³-hybridized carbons (Fsp3) is 0.222. The molecular formula is C9H5F2I2O6S-. The highest BCUT2D eigenvalue weighted by Crippen LogP contribution is 2.28. The molecule has 0 amide bonds. The Morgan fingerprint density at radius 1 is 1.40 bits per heavy atom. The van der Waals surface area contributed by atoms with Crippen molar-refractivity contribution in [1.82, 2.24) is 0 Å². The zero-order valence-corrected chi connectivity index (χ0v) is 14.4. The van der Waals surface area contributed by atoms with E-state index in [9.17, 15) is 31.7 Å². The number of hydrogen-bond donors (Lipinski definition) is 1. The first kappa shape index (κ1) is 17.8. The van der Waals surface area contributed by atoms with Crippen LogP contribution in [-0.2, 0) is 14.9 Å². The summed E-state index contributed by atoms with van der Waals surface area (Å²) >= 11 is 3.53. The average Bonchev–Trinajstić information content (AvgIpc) is 2.23. The number of esters is 1. The molecule has 6 nitrogen and oxygen atoms in total. The lowest BCUT2D eigenvalue weighted by Gasteiger charge is -2.19. The van der Waals surface area contributed by atoms with Gasteiger partial charge in [-0.05, 0) is 57.3 Å². The molecule has 0 unspecified atom stereocenters. The summed E-state index contributed by atoms with van der Waals surface area (Å²) in [6.07, 6.45) is 0. The molecule has 0 radical (unpaired) electrons. The van der Waals surface area contributed by atoms with Crippen LogP contribution in [0, 0.1) is 7.14 Å². The van der Waals surface area contributed by atoms with Gasteiger partial charge in [-0.2, -0.15) is 8.78 Å². The normalized spacial score (nSPS) is 12.2. The van der Waals surface area contributed by atoms with Crippen molar-refractivity contribution in [2.24, 2.45) is 0 Å². The van der Waals surface area contributed by atoms with E-state index in [2.05, 4.69) is 4.74 Å². The Morgan fingerprint density at radius 2 is 1.95 bits per heavy atom. The second-order valence-corrected chi connectivity index (χ2v) is 7.36. The van der Waals surface area contributed by atoms with Gasteiger partial charge in [0.25, 0.3) is 0 Å². The van der Waals surface area contributed by atoms with Gasteiger partial charge in [-0.1, -0.05) is 0 Å². The summed E-state index contributed by atoms with van der Waals surface area (Å²) in [6.45, 7) is -1.92. The minimum Gasteiger partial charge on any atom is -0.743 e. The number of alkyl halides is 2. The number of phenols is 1. The molecule has 1 aromatic carbocycles. The van der Waals surface area contributed by atoms with Crippen LogP contribution in [0.2, 0.25) is 0 Å². The quantitative estimate of drug-likeness (QED) is 0.361. The minimum atomic E-state index is -5.93. The lowest BCUT2D eigenvalue weighted by Crippen LogP contribution is -2.34. The molecule has 1 rings (SSSR count). The molecule has 20 heavy (non-hydrogen) atoms. The fourth-order valence-corrected chi connectivity index (χ4v) is 3.29. The number of halogens is 4. The van der Waals surface area contributed by atoms with Crippen LogP contribution >= 0.6 is 45.2 Å². The molecule has 0 fully saturated rings. The van der Waals surface area contributed by atoms with Crippen molar-refractivity contribution >= 4 is 61.3 Å². The van der Waals surface area contributed by atoms with E-state index in [4.69, 9.17) is 0 Å². The minimum absolute atomic E-state index is 0.227. The number of rotatable bonds is 4. The lowest BCUT2D eigenvalue weighted by atomic mass is 10.2. The Hall–Kier alpha value is -0.280. The summed E-state index contributed by atoms with van der Waals surface area (Å²) in [5, 5.41) is 4.82. The van der Waals surface area contributed by atoms with E-state index in [0.717, 1.165) is 0 Å². The van der Waals surface area contributed by atoms with Crippen molar-refractivity contribution in [1.29, 1.82) is 0 Å². The molecular weight excluding hydrogens is 528 g/mol. The lowest BCUT2D eigenvalue weighted by molar-refractivity contribution is -0.0102. The van der Waals surface area contributed by atoms with Gasteiger partial charge in [0.05, 0.1) is 0 Å². The van der Waals surface area contributed by atoms with Crippen molar-refractivity contribution in [2.75, 3.05) is 6.61 Å². The number of aromatic hydroxyl groups is 1. The van der Waals surface area contributed by atoms with Crippen molar-refractivity contribution in [2.45, 2.75) is 5.25 Å². The van der Waals surface area contributed by atoms with Gasteiger partial charge in [-0.3, -0.25) is 0 Å². The van der Waals surface area contributed by atoms with Crippen LogP contribution in [-0.4, -0.2) is 35.9 Å². The maximum atomic E-state index is 12.8. The summed E-state index contributed by atoms with van der Waals surface area (Å²) in [4.78, 5) is 11.6. The summed E-state index contributed by atoms with van der Waals surface area (Å²) in [5.74, 6) is -1.86. The third-order valence-corrected chi connectivity index (χ3v) is 4.30. The third-order valence-electron chi connectivity index (χ3n) is 1.98. The van der Waals surface area contributed by atoms with Crippen molar-refractivity contribution < 1.29 is 36.4 Å². The largest absolute Gasteiger partial charge is 0.743 e. The molecule has 11 heteroatoms. The summed E-state index contributed by atoms with van der Waals surface area (Å²) in [5.41, 5.74) is -0.384. The fourth-order valence-electron chi connectivity index (χ4n) is 1.06. The standard InChI is InChI=1S/C9H6F2I2O6S/c10-9(11,20(16,17)18)3-19-8(15)7-5(13)1-4(12)2-6(7)14/h1-2,14H,3H2,(H,16,17,18)/p-1. The summed E-state index contributed by atoms with van der Waals surface area (Å²) in [7, 11) is -5.93. The van der Waals surface area contributed by atoms with Crippen LogP contribution in [0.25, 0.3) is 0 Å². The maximum absolute atomic E-state index is 12.8. The van der Waals surface area contributed by atoms with Crippen LogP contribution in [0.1, 0.15) is 10.4 Å². The zero-order valence-electron chi connectivity index (χ0n) is 9.27. The molecule has 0 aliphatic rings. The van der Waals surface area contributed by atoms with Crippen molar-refractivity contribution in [3.8, 4) is 5.75 Å². The van der Waals surface area contributed by atoms with Crippen LogP contribution in [0.5, 0.6) is 5.75 Å². The first-order valence-electron chi connectivity index (χ1n) is 4.64. The highest BCUT2D eigenvalue weighted by molar-refractivity contribution is 14.1. The van der Waals surface area contributed by atoms with Gasteiger partial charge in [0.2, 0.25) is 0 Å². The van der Waals surface area contributed by atoms with Gasteiger partial charge >= 0.3 is 11.2 Å². The van der Waals surface area contributed by atoms with Crippen molar-refractivity contribution in [3.63, 3.8) is 0 Å². The molecule has 1 N–H and O–H groups in total. The number of carbonyl (C=O) groups is 1. The predicted octanol–water partition coefficient (Wildman–Crippen LogP) is 1.90. The third kappa shape index (κ3) is 4.11. The molecule has 0 aliphatic carbocycles. The number of phenolic OH excluding ortho intramolecular Hbond substituents is 1. The number of hydrogen-bond acceptors (Lipinski definition) is 6. The second-order valence-electron chi connectivity index (χ2n) is 3.45. The van der Waals surface area contributed by atoms with E-state index in [1.54, 1.807) is 22.6 Å². The topological polar surface area (TPSA) is 104 Å². The molecule has 0 aliphatic heterocycles. The summed E-state index contributed by atoms with van der Waals surface area (Å²) < 4.78 is 61.3. The SMILES string of the molecule is O=C(OCC(F)(F)S(=O)(=O)[O-])c1c(O)cc(I)cc1I. The molecule has 0 atom stereocenters. The van der Waals surface area contributed by atoms with E-state index in [0.29, 0.717) is 3.57 Å². The van der Waals surface area contributed by atoms with Gasteiger partial charge in [-0.25, -0.2) is 13.2 Å². The summed E-state index contributed by atoms with van der Waals surface area (Å²) in [6, 6.07) is 2.67. The van der Waals surface area contributed by atoms with Crippen LogP contribution in [0.3, 0.4) is 0 Å². The molecule has 0 spiro atoms. The molecule has 0 saturated carbocycles. The zero-order chi connectivity index (χ0) is 15.7. The van der Waals surface area contributed by atoms with E-state index >= 15 is 0 Å². The first-order chi connectivity index (χ1) is 8.95. The highest BCUT2D eigenvalue weighted by atomic mass is 127. The Bertz CT molecular complexity index is 623. The smallest absolute Gasteiger partial charge is 0.367 e. The molecule has 1 aromatic rings. The van der Waals surface area contributed by atoms with E-state index < -0.39 is 33.7 Å². The Balaban J connectivity index is 2.95. The monoisotopic (exact) mass is 533 g/mol. The van der Waals surface area contributed by atoms with Crippen molar-refractivity contribution in [3.05, 3.63) is 24.8 Å². The Kier molecular flexibility index (Phi) is 5.53. The number of ether oxygens (including phenoxy) is 1. The molecule has 0 bridgehead atoms. The molecule has 112 valence electrons. The van der Waals surface area contributed by atoms with Crippen LogP contribution < -0.4 is 0 Å². The number of carbonyl (C=O) groups excluding carboxylic acids is 1. The van der Waals surface area contributed by atoms with Crippen LogP contribution in [0.15, 0.2) is 12.1 Å². The van der Waals surface area contributed by atoms with Crippen LogP contribution in [0.4, 0.5) is 8.78 Å². The van der Waals surface area contributed by atoms with Gasteiger partial charge in [-0.15, -0.1) is 0 Å². The number of benzene rings is 1. The van der Waals surface area contributed by atoms with Gasteiger partial charge in [0, 0.05) is 7.14 Å². The second kappa shape index (κ2) is 6.23. The van der Waals surface area contributed by atoms with Gasteiger partial charge in [0.15, 0.2) is 16.7 Å². The van der Waals surface area contributed by atoms with E-state index in [1.165, 1.54) is 12.1 Å². The Labute approximate surface area is 139 Å². The Morgan fingerprint density at radius 3 is 2.40 bits per heavy atom. The molecule has 0 heterocycles. The first-order valence-corrected chi connectivity index (χ1v) is 8.20. The average molecular weight is 533 g/mol. The molecule has 0 saturated heterocycles. The van der Waals surface area contributed by atoms with Gasteiger partial charge in [0.1, 0.15) is 11.3 Å².